The van der Waals surface area contributed by atoms with Crippen LogP contribution in [0.1, 0.15) is 32.1 Å². The molecule has 2 fully saturated rings. The van der Waals surface area contributed by atoms with Gasteiger partial charge in [-0.05, 0) is 25.0 Å². The summed E-state index contributed by atoms with van der Waals surface area (Å²) < 4.78 is 0. The fraction of sp³-hybridized carbons (Fsp3) is 0.476. The Bertz CT molecular complexity index is 740. The molecule has 1 aromatic heterocycles. The molecule has 1 saturated heterocycles. The van der Waals surface area contributed by atoms with Crippen LogP contribution in [0.3, 0.4) is 0 Å². The van der Waals surface area contributed by atoms with Crippen molar-refractivity contribution in [1.29, 1.82) is 0 Å². The summed E-state index contributed by atoms with van der Waals surface area (Å²) >= 11 is 0. The summed E-state index contributed by atoms with van der Waals surface area (Å²) in [6.45, 7) is 1.73. The zero-order valence-corrected chi connectivity index (χ0v) is 15.3. The second-order valence-electron chi connectivity index (χ2n) is 7.58. The maximum Gasteiger partial charge on any atom is 0.223 e. The van der Waals surface area contributed by atoms with Crippen LogP contribution in [0.25, 0.3) is 11.3 Å². The zero-order chi connectivity index (χ0) is 17.9. The van der Waals surface area contributed by atoms with E-state index >= 15 is 0 Å². The van der Waals surface area contributed by atoms with Gasteiger partial charge in [0, 0.05) is 44.1 Å². The van der Waals surface area contributed by atoms with Crippen LogP contribution < -0.4 is 4.90 Å². The van der Waals surface area contributed by atoms with Crippen molar-refractivity contribution in [3.8, 4) is 11.3 Å². The average molecular weight is 350 g/mol. The fourth-order valence-electron chi connectivity index (χ4n) is 4.27. The summed E-state index contributed by atoms with van der Waals surface area (Å²) in [5.41, 5.74) is 1.95. The van der Waals surface area contributed by atoms with E-state index in [1.165, 1.54) is 25.7 Å². The van der Waals surface area contributed by atoms with Crippen LogP contribution in [0.15, 0.2) is 42.5 Å². The van der Waals surface area contributed by atoms with Gasteiger partial charge in [-0.15, -0.1) is 10.2 Å². The molecule has 1 saturated carbocycles. The minimum absolute atomic E-state index is 0.334. The number of benzene rings is 1. The van der Waals surface area contributed by atoms with Crippen LogP contribution in [-0.2, 0) is 4.79 Å². The van der Waals surface area contributed by atoms with Crippen molar-refractivity contribution in [3.63, 3.8) is 0 Å². The van der Waals surface area contributed by atoms with Gasteiger partial charge in [0.15, 0.2) is 5.82 Å². The number of nitrogens with zero attached hydrogens (tertiary/aromatic N) is 4. The second kappa shape index (κ2) is 7.44. The standard InChI is InChI=1S/C21H26N4O/c1-24(14-16-13-21(26)25(15-16)18-9-5-6-10-18)20-12-11-19(22-23-20)17-7-3-2-4-8-17/h2-4,7-8,11-12,16,18H,5-6,9-10,13-15H2,1H3. The van der Waals surface area contributed by atoms with Crippen molar-refractivity contribution in [2.24, 2.45) is 5.92 Å². The van der Waals surface area contributed by atoms with Gasteiger partial charge in [0.2, 0.25) is 5.91 Å². The largest absolute Gasteiger partial charge is 0.358 e. The lowest BCUT2D eigenvalue weighted by Gasteiger charge is -2.25. The van der Waals surface area contributed by atoms with Gasteiger partial charge in [0.1, 0.15) is 0 Å². The molecule has 1 unspecified atom stereocenters. The summed E-state index contributed by atoms with van der Waals surface area (Å²) in [6.07, 6.45) is 5.56. The normalized spacial score (nSPS) is 20.7. The van der Waals surface area contributed by atoms with Crippen LogP contribution >= 0.6 is 0 Å². The number of amides is 1. The fourth-order valence-corrected chi connectivity index (χ4v) is 4.27. The first-order chi connectivity index (χ1) is 12.7. The highest BCUT2D eigenvalue weighted by atomic mass is 16.2. The molecular weight excluding hydrogens is 324 g/mol. The predicted octanol–water partition coefficient (Wildman–Crippen LogP) is 3.37. The van der Waals surface area contributed by atoms with Gasteiger partial charge in [-0.1, -0.05) is 43.2 Å². The molecule has 0 N–H and O–H groups in total. The number of hydrogen-bond acceptors (Lipinski definition) is 4. The highest BCUT2D eigenvalue weighted by Gasteiger charge is 2.35. The number of anilines is 1. The van der Waals surface area contributed by atoms with Crippen molar-refractivity contribution in [2.75, 3.05) is 25.0 Å². The van der Waals surface area contributed by atoms with E-state index in [0.717, 1.165) is 30.2 Å². The number of hydrogen-bond donors (Lipinski definition) is 0. The highest BCUT2D eigenvalue weighted by molar-refractivity contribution is 5.79. The number of carbonyl (C=O) groups excluding carboxylic acids is 1. The van der Waals surface area contributed by atoms with E-state index in [4.69, 9.17) is 0 Å². The lowest BCUT2D eigenvalue weighted by molar-refractivity contribution is -0.129. The van der Waals surface area contributed by atoms with E-state index in [2.05, 4.69) is 20.0 Å². The van der Waals surface area contributed by atoms with Crippen molar-refractivity contribution in [3.05, 3.63) is 42.5 Å². The smallest absolute Gasteiger partial charge is 0.223 e. The van der Waals surface area contributed by atoms with Crippen LogP contribution in [0, 0.1) is 5.92 Å². The Morgan fingerprint density at radius 2 is 1.85 bits per heavy atom. The minimum Gasteiger partial charge on any atom is -0.358 e. The summed E-state index contributed by atoms with van der Waals surface area (Å²) in [7, 11) is 2.04. The molecule has 1 amide bonds. The minimum atomic E-state index is 0.334. The van der Waals surface area contributed by atoms with E-state index in [9.17, 15) is 4.79 Å². The molecule has 5 nitrogen and oxygen atoms in total. The van der Waals surface area contributed by atoms with E-state index in [0.29, 0.717) is 24.3 Å². The van der Waals surface area contributed by atoms with Gasteiger partial charge < -0.3 is 9.80 Å². The molecule has 136 valence electrons. The van der Waals surface area contributed by atoms with Gasteiger partial charge >= 0.3 is 0 Å². The third-order valence-corrected chi connectivity index (χ3v) is 5.65. The summed E-state index contributed by atoms with van der Waals surface area (Å²) in [5.74, 6) is 1.57. The molecule has 0 spiro atoms. The Labute approximate surface area is 155 Å². The number of carbonyl (C=O) groups is 1. The molecule has 2 heterocycles. The van der Waals surface area contributed by atoms with Gasteiger partial charge in [-0.25, -0.2) is 0 Å². The van der Waals surface area contributed by atoms with Crippen molar-refractivity contribution in [2.45, 2.75) is 38.1 Å². The van der Waals surface area contributed by atoms with Crippen LogP contribution in [0.4, 0.5) is 5.82 Å². The van der Waals surface area contributed by atoms with Crippen molar-refractivity contribution >= 4 is 11.7 Å². The number of rotatable bonds is 5. The maximum atomic E-state index is 12.4. The molecule has 2 aliphatic rings. The SMILES string of the molecule is CN(CC1CC(=O)N(C2CCCC2)C1)c1ccc(-c2ccccc2)nn1. The van der Waals surface area contributed by atoms with Gasteiger partial charge in [-0.3, -0.25) is 4.79 Å². The topological polar surface area (TPSA) is 49.3 Å². The monoisotopic (exact) mass is 350 g/mol. The molecule has 5 heteroatoms. The summed E-state index contributed by atoms with van der Waals surface area (Å²) in [6, 6.07) is 14.6. The third kappa shape index (κ3) is 3.57. The quantitative estimate of drug-likeness (QED) is 0.829. The Morgan fingerprint density at radius 3 is 2.54 bits per heavy atom. The molecule has 0 radical (unpaired) electrons. The molecule has 4 rings (SSSR count). The summed E-state index contributed by atoms with van der Waals surface area (Å²) in [5, 5.41) is 8.76. The lowest BCUT2D eigenvalue weighted by atomic mass is 10.1. The molecular formula is C21H26N4O. The first-order valence-electron chi connectivity index (χ1n) is 9.60. The summed E-state index contributed by atoms with van der Waals surface area (Å²) in [4.78, 5) is 16.6. The zero-order valence-electron chi connectivity index (χ0n) is 15.3. The number of aromatic nitrogens is 2. The average Bonchev–Trinajstić information content (AvgIpc) is 3.32. The van der Waals surface area contributed by atoms with Crippen LogP contribution in [-0.4, -0.2) is 47.2 Å². The Balaban J connectivity index is 1.37. The van der Waals surface area contributed by atoms with Gasteiger partial charge in [0.05, 0.1) is 5.69 Å². The molecule has 1 atom stereocenters. The first kappa shape index (κ1) is 17.0. The van der Waals surface area contributed by atoms with Crippen molar-refractivity contribution in [1.82, 2.24) is 15.1 Å². The van der Waals surface area contributed by atoms with E-state index in [-0.39, 0.29) is 0 Å². The van der Waals surface area contributed by atoms with Crippen LogP contribution in [0.2, 0.25) is 0 Å². The Kier molecular flexibility index (Phi) is 4.87. The van der Waals surface area contributed by atoms with Crippen molar-refractivity contribution < 1.29 is 4.79 Å². The molecule has 1 aliphatic carbocycles. The first-order valence-corrected chi connectivity index (χ1v) is 9.60. The Morgan fingerprint density at radius 1 is 1.08 bits per heavy atom. The number of likely N-dealkylation sites (tertiary alicyclic amines) is 1. The predicted molar refractivity (Wildman–Crippen MR) is 103 cm³/mol. The maximum absolute atomic E-state index is 12.4. The second-order valence-corrected chi connectivity index (χ2v) is 7.58. The Hall–Kier alpha value is -2.43. The van der Waals surface area contributed by atoms with E-state index < -0.39 is 0 Å². The molecule has 1 aliphatic heterocycles. The molecule has 1 aromatic carbocycles. The van der Waals surface area contributed by atoms with E-state index in [1.54, 1.807) is 0 Å². The van der Waals surface area contributed by atoms with E-state index in [1.807, 2.05) is 49.5 Å². The van der Waals surface area contributed by atoms with Gasteiger partial charge in [0.25, 0.3) is 0 Å². The molecule has 26 heavy (non-hydrogen) atoms. The van der Waals surface area contributed by atoms with Gasteiger partial charge in [-0.2, -0.15) is 0 Å². The highest BCUT2D eigenvalue weighted by Crippen LogP contribution is 2.30. The lowest BCUT2D eigenvalue weighted by Crippen LogP contribution is -2.35. The third-order valence-electron chi connectivity index (χ3n) is 5.65. The molecule has 2 aromatic rings. The van der Waals surface area contributed by atoms with Crippen LogP contribution in [0.5, 0.6) is 0 Å². The molecule has 0 bridgehead atoms.